The highest BCUT2D eigenvalue weighted by Crippen LogP contribution is 2.33. The molecule has 3 unspecified atom stereocenters. The number of unbranched alkanes of at least 4 members (excludes halogenated alkanes) is 3. The van der Waals surface area contributed by atoms with Crippen molar-refractivity contribution in [2.45, 2.75) is 104 Å². The van der Waals surface area contributed by atoms with E-state index in [0.29, 0.717) is 17.9 Å². The monoisotopic (exact) mass is 348 g/mol. The smallest absolute Gasteiger partial charge is 0.102 e. The summed E-state index contributed by atoms with van der Waals surface area (Å²) in [5, 5.41) is 10.4. The molecule has 0 spiro atoms. The molecule has 1 aliphatic rings. The van der Waals surface area contributed by atoms with Gasteiger partial charge in [0.15, 0.2) is 0 Å². The average molecular weight is 349 g/mol. The Hall–Kier alpha value is -0.860. The van der Waals surface area contributed by atoms with Gasteiger partial charge in [-0.05, 0) is 50.9 Å². The summed E-state index contributed by atoms with van der Waals surface area (Å²) >= 11 is 0. The van der Waals surface area contributed by atoms with Crippen molar-refractivity contribution in [1.82, 2.24) is 0 Å². The lowest BCUT2D eigenvalue weighted by atomic mass is 9.89. The highest BCUT2D eigenvalue weighted by Gasteiger charge is 2.37. The second-order valence-electron chi connectivity index (χ2n) is 8.83. The summed E-state index contributed by atoms with van der Waals surface area (Å²) in [5.74, 6) is 0. The summed E-state index contributed by atoms with van der Waals surface area (Å²) in [4.78, 5) is 0. The molecule has 0 amide bonds. The summed E-state index contributed by atoms with van der Waals surface area (Å²) in [6.45, 7) is 10.9. The molecule has 0 bridgehead atoms. The number of hydrogen-bond acceptors (Lipinski definition) is 2. The zero-order valence-corrected chi connectivity index (χ0v) is 17.1. The van der Waals surface area contributed by atoms with Crippen LogP contribution < -0.4 is 0 Å². The quantitative estimate of drug-likeness (QED) is 0.253. The minimum atomic E-state index is -0.790. The Morgan fingerprint density at radius 2 is 1.72 bits per heavy atom. The van der Waals surface area contributed by atoms with Gasteiger partial charge in [-0.3, -0.25) is 0 Å². The van der Waals surface area contributed by atoms with E-state index in [1.165, 1.54) is 32.1 Å². The van der Waals surface area contributed by atoms with Crippen LogP contribution in [0.4, 0.5) is 0 Å². The molecule has 0 aromatic heterocycles. The number of allylic oxidation sites excluding steroid dienone is 3. The molecule has 144 valence electrons. The van der Waals surface area contributed by atoms with Gasteiger partial charge < -0.3 is 9.84 Å². The van der Waals surface area contributed by atoms with Crippen LogP contribution in [0.3, 0.4) is 0 Å². The molecule has 2 heteroatoms. The van der Waals surface area contributed by atoms with E-state index in [-0.39, 0.29) is 6.10 Å². The van der Waals surface area contributed by atoms with Crippen LogP contribution in [0.25, 0.3) is 0 Å². The van der Waals surface area contributed by atoms with Crippen molar-refractivity contribution in [3.05, 3.63) is 36.5 Å². The first kappa shape index (κ1) is 22.2. The van der Waals surface area contributed by atoms with E-state index in [0.717, 1.165) is 12.8 Å². The van der Waals surface area contributed by atoms with Crippen LogP contribution in [0.5, 0.6) is 0 Å². The van der Waals surface area contributed by atoms with Crippen molar-refractivity contribution in [2.24, 2.45) is 5.41 Å². The highest BCUT2D eigenvalue weighted by atomic mass is 16.6. The molecule has 2 nitrogen and oxygen atoms in total. The number of ether oxygens (including phenoxy) is 1. The van der Waals surface area contributed by atoms with Gasteiger partial charge in [-0.1, -0.05) is 77.0 Å². The first-order valence-corrected chi connectivity index (χ1v) is 10.1. The van der Waals surface area contributed by atoms with Gasteiger partial charge in [0.05, 0.1) is 11.7 Å². The van der Waals surface area contributed by atoms with Gasteiger partial charge in [0.1, 0.15) is 6.10 Å². The maximum atomic E-state index is 10.4. The maximum Gasteiger partial charge on any atom is 0.102 e. The zero-order chi connectivity index (χ0) is 18.8. The fourth-order valence-electron chi connectivity index (χ4n) is 2.73. The Balaban J connectivity index is 2.18. The fourth-order valence-corrected chi connectivity index (χ4v) is 2.73. The predicted molar refractivity (Wildman–Crippen MR) is 109 cm³/mol. The molecular formula is C23H40O2. The van der Waals surface area contributed by atoms with E-state index in [1.54, 1.807) is 0 Å². The summed E-state index contributed by atoms with van der Waals surface area (Å²) in [6, 6.07) is 0. The Labute approximate surface area is 156 Å². The topological polar surface area (TPSA) is 32.8 Å². The molecule has 1 rings (SSSR count). The van der Waals surface area contributed by atoms with Crippen molar-refractivity contribution < 1.29 is 9.84 Å². The molecular weight excluding hydrogens is 308 g/mol. The third-order valence-electron chi connectivity index (χ3n) is 4.56. The maximum absolute atomic E-state index is 10.4. The Bertz CT molecular complexity index is 437. The Morgan fingerprint density at radius 3 is 2.40 bits per heavy atom. The third kappa shape index (κ3) is 12.2. The minimum Gasteiger partial charge on any atom is -0.386 e. The molecule has 0 aromatic rings. The van der Waals surface area contributed by atoms with Crippen LogP contribution in [0.2, 0.25) is 0 Å². The number of aliphatic hydroxyl groups is 1. The number of epoxide rings is 1. The molecule has 0 radical (unpaired) electrons. The van der Waals surface area contributed by atoms with E-state index >= 15 is 0 Å². The Morgan fingerprint density at radius 1 is 1.00 bits per heavy atom. The molecule has 1 saturated heterocycles. The van der Waals surface area contributed by atoms with Gasteiger partial charge in [-0.25, -0.2) is 0 Å². The zero-order valence-electron chi connectivity index (χ0n) is 17.1. The van der Waals surface area contributed by atoms with Crippen molar-refractivity contribution in [3.63, 3.8) is 0 Å². The first-order valence-electron chi connectivity index (χ1n) is 10.1. The van der Waals surface area contributed by atoms with E-state index in [9.17, 15) is 5.11 Å². The van der Waals surface area contributed by atoms with Crippen LogP contribution in [-0.4, -0.2) is 22.9 Å². The number of rotatable bonds is 12. The first-order chi connectivity index (χ1) is 11.7. The normalized spacial score (nSPS) is 23.8. The summed E-state index contributed by atoms with van der Waals surface area (Å²) < 4.78 is 5.68. The lowest BCUT2D eigenvalue weighted by Gasteiger charge is -2.17. The highest BCUT2D eigenvalue weighted by molar-refractivity contribution is 5.10. The SMILES string of the molecule is CCCCC/C=C\C/C=C\CC(C)(O)/C=C/C1OC1CCC(C)(C)C. The molecule has 0 saturated carbocycles. The second-order valence-corrected chi connectivity index (χ2v) is 8.83. The molecule has 0 aliphatic carbocycles. The van der Waals surface area contributed by atoms with E-state index < -0.39 is 5.60 Å². The van der Waals surface area contributed by atoms with Crippen LogP contribution in [0.15, 0.2) is 36.5 Å². The average Bonchev–Trinajstić information content (AvgIpc) is 3.28. The largest absolute Gasteiger partial charge is 0.386 e. The minimum absolute atomic E-state index is 0.198. The summed E-state index contributed by atoms with van der Waals surface area (Å²) in [6.07, 6.45) is 22.1. The van der Waals surface area contributed by atoms with Crippen LogP contribution >= 0.6 is 0 Å². The predicted octanol–water partition coefficient (Wildman–Crippen LogP) is 6.36. The van der Waals surface area contributed by atoms with Crippen molar-refractivity contribution in [3.8, 4) is 0 Å². The summed E-state index contributed by atoms with van der Waals surface area (Å²) in [7, 11) is 0. The third-order valence-corrected chi connectivity index (χ3v) is 4.56. The molecule has 0 aromatic carbocycles. The van der Waals surface area contributed by atoms with E-state index in [2.05, 4.69) is 52.0 Å². The molecule has 1 fully saturated rings. The van der Waals surface area contributed by atoms with Crippen LogP contribution in [-0.2, 0) is 4.74 Å². The Kier molecular flexibility index (Phi) is 9.74. The lowest BCUT2D eigenvalue weighted by Crippen LogP contribution is -2.19. The van der Waals surface area contributed by atoms with Gasteiger partial charge in [-0.15, -0.1) is 0 Å². The van der Waals surface area contributed by atoms with E-state index in [1.807, 2.05) is 19.1 Å². The number of hydrogen-bond donors (Lipinski definition) is 1. The van der Waals surface area contributed by atoms with E-state index in [4.69, 9.17) is 4.74 Å². The van der Waals surface area contributed by atoms with Gasteiger partial charge in [-0.2, -0.15) is 0 Å². The lowest BCUT2D eigenvalue weighted by molar-refractivity contribution is 0.115. The van der Waals surface area contributed by atoms with Gasteiger partial charge in [0.2, 0.25) is 0 Å². The molecule has 1 aliphatic heterocycles. The molecule has 1 N–H and O–H groups in total. The van der Waals surface area contributed by atoms with Crippen molar-refractivity contribution in [1.29, 1.82) is 0 Å². The van der Waals surface area contributed by atoms with Gasteiger partial charge >= 0.3 is 0 Å². The van der Waals surface area contributed by atoms with Crippen LogP contribution in [0, 0.1) is 5.41 Å². The molecule has 1 heterocycles. The second kappa shape index (κ2) is 11.0. The standard InChI is InChI=1S/C23H40O2/c1-6-7-8-9-10-11-12-13-14-17-23(5,24)19-16-21-20(25-21)15-18-22(2,3)4/h10-11,13-14,16,19-21,24H,6-9,12,15,17-18H2,1-5H3/b11-10-,14-13-,19-16+. The van der Waals surface area contributed by atoms with Crippen molar-refractivity contribution >= 4 is 0 Å². The fraction of sp³-hybridized carbons (Fsp3) is 0.739. The summed E-state index contributed by atoms with van der Waals surface area (Å²) in [5.41, 5.74) is -0.428. The van der Waals surface area contributed by atoms with Gasteiger partial charge in [0.25, 0.3) is 0 Å². The molecule has 25 heavy (non-hydrogen) atoms. The molecule has 3 atom stereocenters. The van der Waals surface area contributed by atoms with Crippen molar-refractivity contribution in [2.75, 3.05) is 0 Å². The van der Waals surface area contributed by atoms with Gasteiger partial charge in [0, 0.05) is 0 Å². The van der Waals surface area contributed by atoms with Crippen LogP contribution in [0.1, 0.15) is 86.0 Å².